The number of nitrogens with two attached hydrogens (primary N) is 1. The number of aliphatic hydroxyl groups is 1. The number of halogens is 1. The molecule has 0 aliphatic heterocycles. The summed E-state index contributed by atoms with van der Waals surface area (Å²) < 4.78 is 12.7. The van der Waals surface area contributed by atoms with Gasteiger partial charge in [0.2, 0.25) is 0 Å². The average Bonchev–Trinajstić information content (AvgIpc) is 2.03. The van der Waals surface area contributed by atoms with E-state index in [-0.39, 0.29) is 5.82 Å². The van der Waals surface area contributed by atoms with E-state index in [4.69, 9.17) is 5.73 Å². The second-order valence-corrected chi connectivity index (χ2v) is 4.30. The van der Waals surface area contributed by atoms with Gasteiger partial charge in [0.15, 0.2) is 0 Å². The molecule has 3 N–H and O–H groups in total. The Morgan fingerprint density at radius 1 is 1.14 bits per heavy atom. The summed E-state index contributed by atoms with van der Waals surface area (Å²) in [6.45, 7) is 5.09. The SMILES string of the molecule is CC(C)(N)C(C)(O)c1ccc(F)cc1. The fourth-order valence-corrected chi connectivity index (χ4v) is 1.15. The van der Waals surface area contributed by atoms with Crippen LogP contribution in [-0.2, 0) is 5.60 Å². The molecule has 0 aliphatic carbocycles. The summed E-state index contributed by atoms with van der Waals surface area (Å²) in [6.07, 6.45) is 0. The van der Waals surface area contributed by atoms with E-state index in [0.29, 0.717) is 5.56 Å². The highest BCUT2D eigenvalue weighted by Crippen LogP contribution is 2.30. The summed E-state index contributed by atoms with van der Waals surface area (Å²) in [5.74, 6) is -0.320. The van der Waals surface area contributed by atoms with Gasteiger partial charge in [-0.25, -0.2) is 4.39 Å². The molecule has 1 unspecified atom stereocenters. The van der Waals surface area contributed by atoms with E-state index in [1.165, 1.54) is 12.1 Å². The highest BCUT2D eigenvalue weighted by Gasteiger charge is 2.37. The Balaban J connectivity index is 3.10. The fraction of sp³-hybridized carbons (Fsp3) is 0.455. The lowest BCUT2D eigenvalue weighted by atomic mass is 9.79. The predicted octanol–water partition coefficient (Wildman–Crippen LogP) is 1.77. The molecule has 0 spiro atoms. The van der Waals surface area contributed by atoms with E-state index >= 15 is 0 Å². The highest BCUT2D eigenvalue weighted by molar-refractivity contribution is 5.25. The number of hydrogen-bond acceptors (Lipinski definition) is 2. The Bertz CT molecular complexity index is 311. The molecule has 0 saturated carbocycles. The standard InChI is InChI=1S/C11H16FNO/c1-10(2,13)11(3,14)8-4-6-9(12)7-5-8/h4-7,14H,13H2,1-3H3. The zero-order chi connectivity index (χ0) is 11.0. The Morgan fingerprint density at radius 3 is 1.93 bits per heavy atom. The molecule has 2 nitrogen and oxygen atoms in total. The molecule has 1 aromatic carbocycles. The van der Waals surface area contributed by atoms with Crippen molar-refractivity contribution in [1.82, 2.24) is 0 Å². The van der Waals surface area contributed by atoms with E-state index in [0.717, 1.165) is 0 Å². The van der Waals surface area contributed by atoms with Crippen molar-refractivity contribution in [2.24, 2.45) is 5.73 Å². The maximum atomic E-state index is 12.7. The number of benzene rings is 1. The Morgan fingerprint density at radius 2 is 1.57 bits per heavy atom. The molecule has 14 heavy (non-hydrogen) atoms. The molecule has 1 aromatic rings. The van der Waals surface area contributed by atoms with E-state index in [1.54, 1.807) is 32.9 Å². The van der Waals surface area contributed by atoms with Crippen molar-refractivity contribution in [1.29, 1.82) is 0 Å². The van der Waals surface area contributed by atoms with Crippen LogP contribution in [0.3, 0.4) is 0 Å². The van der Waals surface area contributed by atoms with E-state index in [2.05, 4.69) is 0 Å². The Labute approximate surface area is 83.6 Å². The second-order valence-electron chi connectivity index (χ2n) is 4.30. The molecule has 1 atom stereocenters. The van der Waals surface area contributed by atoms with Crippen LogP contribution in [0.4, 0.5) is 4.39 Å². The van der Waals surface area contributed by atoms with Crippen molar-refractivity contribution < 1.29 is 9.50 Å². The zero-order valence-electron chi connectivity index (χ0n) is 8.71. The normalized spacial score (nSPS) is 16.4. The summed E-state index contributed by atoms with van der Waals surface area (Å²) >= 11 is 0. The third-order valence-corrected chi connectivity index (χ3v) is 2.66. The van der Waals surface area contributed by atoms with Gasteiger partial charge in [-0.15, -0.1) is 0 Å². The highest BCUT2D eigenvalue weighted by atomic mass is 19.1. The van der Waals surface area contributed by atoms with Gasteiger partial charge in [-0.2, -0.15) is 0 Å². The van der Waals surface area contributed by atoms with Crippen LogP contribution < -0.4 is 5.73 Å². The van der Waals surface area contributed by atoms with Gasteiger partial charge < -0.3 is 10.8 Å². The number of hydrogen-bond donors (Lipinski definition) is 2. The van der Waals surface area contributed by atoms with Gasteiger partial charge in [0, 0.05) is 5.54 Å². The van der Waals surface area contributed by atoms with Gasteiger partial charge >= 0.3 is 0 Å². The first kappa shape index (κ1) is 11.1. The maximum Gasteiger partial charge on any atom is 0.123 e. The van der Waals surface area contributed by atoms with E-state index in [1.807, 2.05) is 0 Å². The van der Waals surface area contributed by atoms with Gasteiger partial charge in [-0.05, 0) is 38.5 Å². The van der Waals surface area contributed by atoms with Crippen LogP contribution >= 0.6 is 0 Å². The minimum Gasteiger partial charge on any atom is -0.384 e. The second kappa shape index (κ2) is 3.33. The van der Waals surface area contributed by atoms with E-state index < -0.39 is 11.1 Å². The van der Waals surface area contributed by atoms with Crippen molar-refractivity contribution >= 4 is 0 Å². The quantitative estimate of drug-likeness (QED) is 0.759. The molecule has 0 saturated heterocycles. The maximum absolute atomic E-state index is 12.7. The average molecular weight is 197 g/mol. The van der Waals surface area contributed by atoms with Crippen molar-refractivity contribution in [2.45, 2.75) is 31.9 Å². The first-order valence-electron chi connectivity index (χ1n) is 4.52. The van der Waals surface area contributed by atoms with Gasteiger partial charge in [0.1, 0.15) is 11.4 Å². The summed E-state index contributed by atoms with van der Waals surface area (Å²) in [5, 5.41) is 10.2. The van der Waals surface area contributed by atoms with Crippen LogP contribution in [-0.4, -0.2) is 10.6 Å². The first-order chi connectivity index (χ1) is 6.25. The molecular weight excluding hydrogens is 181 g/mol. The monoisotopic (exact) mass is 197 g/mol. The molecule has 0 bridgehead atoms. The molecule has 0 fully saturated rings. The smallest absolute Gasteiger partial charge is 0.123 e. The minimum absolute atomic E-state index is 0.320. The lowest BCUT2D eigenvalue weighted by molar-refractivity contribution is -0.00874. The van der Waals surface area contributed by atoms with Crippen molar-refractivity contribution in [3.63, 3.8) is 0 Å². The third kappa shape index (κ3) is 1.94. The van der Waals surface area contributed by atoms with Crippen molar-refractivity contribution in [2.75, 3.05) is 0 Å². The molecule has 0 amide bonds. The van der Waals surface area contributed by atoms with Gasteiger partial charge in [-0.3, -0.25) is 0 Å². The Kier molecular flexibility index (Phi) is 2.65. The van der Waals surface area contributed by atoms with Gasteiger partial charge in [-0.1, -0.05) is 12.1 Å². The largest absolute Gasteiger partial charge is 0.384 e. The third-order valence-electron chi connectivity index (χ3n) is 2.66. The fourth-order valence-electron chi connectivity index (χ4n) is 1.15. The summed E-state index contributed by atoms with van der Waals surface area (Å²) in [5.41, 5.74) is 4.52. The lowest BCUT2D eigenvalue weighted by Crippen LogP contribution is -2.52. The van der Waals surface area contributed by atoms with Crippen LogP contribution in [0.1, 0.15) is 26.3 Å². The number of rotatable bonds is 2. The Hall–Kier alpha value is -0.930. The van der Waals surface area contributed by atoms with Crippen molar-refractivity contribution in [3.8, 4) is 0 Å². The molecule has 3 heteroatoms. The van der Waals surface area contributed by atoms with Crippen LogP contribution in [0.2, 0.25) is 0 Å². The van der Waals surface area contributed by atoms with Gasteiger partial charge in [0.05, 0.1) is 0 Å². The molecule has 0 aliphatic rings. The zero-order valence-corrected chi connectivity index (χ0v) is 8.71. The molecule has 1 rings (SSSR count). The van der Waals surface area contributed by atoms with Crippen LogP contribution in [0.15, 0.2) is 24.3 Å². The summed E-state index contributed by atoms with van der Waals surface area (Å²) in [4.78, 5) is 0. The lowest BCUT2D eigenvalue weighted by Gasteiger charge is -2.37. The van der Waals surface area contributed by atoms with Crippen LogP contribution in [0, 0.1) is 5.82 Å². The molecule has 0 radical (unpaired) electrons. The molecule has 0 aromatic heterocycles. The molecule has 0 heterocycles. The topological polar surface area (TPSA) is 46.2 Å². The first-order valence-corrected chi connectivity index (χ1v) is 4.52. The van der Waals surface area contributed by atoms with Crippen molar-refractivity contribution in [3.05, 3.63) is 35.6 Å². The molecule has 78 valence electrons. The predicted molar refractivity (Wildman–Crippen MR) is 54.2 cm³/mol. The van der Waals surface area contributed by atoms with Crippen LogP contribution in [0.5, 0.6) is 0 Å². The summed E-state index contributed by atoms with van der Waals surface area (Å²) in [6, 6.07) is 5.72. The van der Waals surface area contributed by atoms with Crippen LogP contribution in [0.25, 0.3) is 0 Å². The summed E-state index contributed by atoms with van der Waals surface area (Å²) in [7, 11) is 0. The van der Waals surface area contributed by atoms with E-state index in [9.17, 15) is 9.50 Å². The minimum atomic E-state index is -1.17. The van der Waals surface area contributed by atoms with Gasteiger partial charge in [0.25, 0.3) is 0 Å². The molecular formula is C11H16FNO.